The van der Waals surface area contributed by atoms with Crippen LogP contribution in [0.2, 0.25) is 0 Å². The smallest absolute Gasteiger partial charge is 0.319 e. The molecule has 3 rings (SSSR count). The van der Waals surface area contributed by atoms with E-state index >= 15 is 0 Å². The van der Waals surface area contributed by atoms with E-state index in [1.54, 1.807) is 30.5 Å². The number of ether oxygens (including phenoxy) is 1. The van der Waals surface area contributed by atoms with Gasteiger partial charge in [-0.3, -0.25) is 0 Å². The zero-order valence-electron chi connectivity index (χ0n) is 15.2. The van der Waals surface area contributed by atoms with Gasteiger partial charge in [0.15, 0.2) is 0 Å². The molecule has 0 atom stereocenters. The summed E-state index contributed by atoms with van der Waals surface area (Å²) in [5.41, 5.74) is 0.921. The van der Waals surface area contributed by atoms with E-state index in [4.69, 9.17) is 10.00 Å². The molecule has 0 aliphatic rings. The third-order valence-electron chi connectivity index (χ3n) is 3.66. The number of aromatic nitrogens is 2. The lowest BCUT2D eigenvalue weighted by Gasteiger charge is -2.10. The summed E-state index contributed by atoms with van der Waals surface area (Å²) < 4.78 is 18.4. The van der Waals surface area contributed by atoms with Crippen molar-refractivity contribution in [3.05, 3.63) is 72.3 Å². The minimum Gasteiger partial charge on any atom is -0.439 e. The molecule has 29 heavy (non-hydrogen) atoms. The van der Waals surface area contributed by atoms with Crippen LogP contribution in [0.3, 0.4) is 0 Å². The van der Waals surface area contributed by atoms with Gasteiger partial charge in [-0.05, 0) is 42.5 Å². The van der Waals surface area contributed by atoms with Gasteiger partial charge in [-0.2, -0.15) is 5.26 Å². The molecule has 0 radical (unpaired) electrons. The summed E-state index contributed by atoms with van der Waals surface area (Å²) in [6.07, 6.45) is 3.03. The second-order valence-corrected chi connectivity index (χ2v) is 5.76. The molecule has 0 fully saturated rings. The molecular weight excluding hydrogens is 375 g/mol. The predicted octanol–water partition coefficient (Wildman–Crippen LogP) is 3.51. The van der Waals surface area contributed by atoms with Crippen LogP contribution in [-0.4, -0.2) is 29.1 Å². The Hall–Kier alpha value is -4.19. The Kier molecular flexibility index (Phi) is 6.52. The molecule has 0 saturated heterocycles. The third kappa shape index (κ3) is 5.90. The number of nitrogens with one attached hydrogen (secondary N) is 3. The van der Waals surface area contributed by atoms with Crippen LogP contribution >= 0.6 is 0 Å². The van der Waals surface area contributed by atoms with Crippen molar-refractivity contribution in [3.63, 3.8) is 0 Å². The maximum absolute atomic E-state index is 12.9. The number of benzene rings is 1. The van der Waals surface area contributed by atoms with Gasteiger partial charge in [0.1, 0.15) is 23.5 Å². The van der Waals surface area contributed by atoms with Crippen LogP contribution in [0.15, 0.2) is 60.9 Å². The normalized spacial score (nSPS) is 9.93. The second-order valence-electron chi connectivity index (χ2n) is 5.76. The maximum Gasteiger partial charge on any atom is 0.319 e. The first-order valence-corrected chi connectivity index (χ1v) is 8.67. The van der Waals surface area contributed by atoms with Crippen molar-refractivity contribution >= 4 is 17.5 Å². The van der Waals surface area contributed by atoms with Crippen molar-refractivity contribution in [2.45, 2.75) is 0 Å². The maximum atomic E-state index is 12.9. The van der Waals surface area contributed by atoms with Crippen LogP contribution in [0.5, 0.6) is 11.6 Å². The molecule has 0 unspecified atom stereocenters. The van der Waals surface area contributed by atoms with E-state index in [-0.39, 0.29) is 5.82 Å². The Morgan fingerprint density at radius 1 is 1.10 bits per heavy atom. The van der Waals surface area contributed by atoms with E-state index in [1.807, 2.05) is 6.07 Å². The number of carbonyl (C=O) groups is 1. The van der Waals surface area contributed by atoms with Gasteiger partial charge in [-0.1, -0.05) is 0 Å². The molecule has 3 N–H and O–H groups in total. The van der Waals surface area contributed by atoms with Gasteiger partial charge in [0.05, 0.1) is 17.4 Å². The minimum absolute atomic E-state index is 0.315. The number of urea groups is 1. The number of hydrogen-bond donors (Lipinski definition) is 3. The number of halogens is 1. The number of anilines is 2. The zero-order chi connectivity index (χ0) is 20.5. The Bertz CT molecular complexity index is 1000. The summed E-state index contributed by atoms with van der Waals surface area (Å²) in [6.45, 7) is 0.730. The molecule has 8 nitrogen and oxygen atoms in total. The molecule has 2 heterocycles. The highest BCUT2D eigenvalue weighted by molar-refractivity contribution is 5.89. The van der Waals surface area contributed by atoms with Gasteiger partial charge in [0, 0.05) is 25.4 Å². The number of nitrogens with zero attached hydrogens (tertiary/aromatic N) is 3. The predicted molar refractivity (Wildman–Crippen MR) is 105 cm³/mol. The lowest BCUT2D eigenvalue weighted by atomic mass is 10.3. The van der Waals surface area contributed by atoms with Gasteiger partial charge < -0.3 is 20.7 Å². The molecule has 0 aliphatic heterocycles. The van der Waals surface area contributed by atoms with Gasteiger partial charge in [-0.15, -0.1) is 0 Å². The highest BCUT2D eigenvalue weighted by atomic mass is 19.1. The van der Waals surface area contributed by atoms with E-state index in [2.05, 4.69) is 25.9 Å². The van der Waals surface area contributed by atoms with E-state index in [9.17, 15) is 9.18 Å². The third-order valence-corrected chi connectivity index (χ3v) is 3.66. The average Bonchev–Trinajstić information content (AvgIpc) is 2.74. The largest absolute Gasteiger partial charge is 0.439 e. The van der Waals surface area contributed by atoms with E-state index in [0.717, 1.165) is 0 Å². The first kappa shape index (κ1) is 19.6. The zero-order valence-corrected chi connectivity index (χ0v) is 15.2. The van der Waals surface area contributed by atoms with Crippen LogP contribution in [0.1, 0.15) is 5.56 Å². The van der Waals surface area contributed by atoms with Crippen LogP contribution in [0.4, 0.5) is 20.7 Å². The topological polar surface area (TPSA) is 112 Å². The Balaban J connectivity index is 1.42. The summed E-state index contributed by atoms with van der Waals surface area (Å²) in [4.78, 5) is 20.1. The van der Waals surface area contributed by atoms with Crippen LogP contribution in [0, 0.1) is 17.1 Å². The van der Waals surface area contributed by atoms with Crippen LogP contribution in [-0.2, 0) is 0 Å². The van der Waals surface area contributed by atoms with Crippen molar-refractivity contribution in [3.8, 4) is 17.7 Å². The van der Waals surface area contributed by atoms with Crippen molar-refractivity contribution in [2.24, 2.45) is 0 Å². The first-order chi connectivity index (χ1) is 14.1. The molecule has 2 aromatic heterocycles. The lowest BCUT2D eigenvalue weighted by Crippen LogP contribution is -2.32. The molecule has 9 heteroatoms. The monoisotopic (exact) mass is 392 g/mol. The molecule has 1 aromatic carbocycles. The summed E-state index contributed by atoms with van der Waals surface area (Å²) in [6, 6.07) is 13.8. The van der Waals surface area contributed by atoms with Crippen molar-refractivity contribution in [1.29, 1.82) is 5.26 Å². The second kappa shape index (κ2) is 9.66. The summed E-state index contributed by atoms with van der Waals surface area (Å²) in [5, 5.41) is 17.3. The SMILES string of the molecule is N#Cc1cccnc1NCCNC(=O)Nc1ccc(Oc2ccc(F)cc2)nc1. The average molecular weight is 392 g/mol. The number of rotatable bonds is 7. The fourth-order valence-electron chi connectivity index (χ4n) is 2.31. The number of nitriles is 1. The van der Waals surface area contributed by atoms with Gasteiger partial charge >= 0.3 is 6.03 Å². The van der Waals surface area contributed by atoms with E-state index in [0.29, 0.717) is 41.8 Å². The van der Waals surface area contributed by atoms with E-state index in [1.165, 1.54) is 30.5 Å². The van der Waals surface area contributed by atoms with Crippen molar-refractivity contribution in [2.75, 3.05) is 23.7 Å². The number of hydrogen-bond acceptors (Lipinski definition) is 6. The molecule has 0 bridgehead atoms. The summed E-state index contributed by atoms with van der Waals surface area (Å²) in [7, 11) is 0. The van der Waals surface area contributed by atoms with Crippen LogP contribution in [0.25, 0.3) is 0 Å². The molecule has 0 spiro atoms. The Labute approximate surface area is 166 Å². The minimum atomic E-state index is -0.401. The molecule has 3 aromatic rings. The number of carbonyl (C=O) groups excluding carboxylic acids is 1. The number of amides is 2. The number of pyridine rings is 2. The molecule has 146 valence electrons. The summed E-state index contributed by atoms with van der Waals surface area (Å²) in [5.74, 6) is 0.891. The highest BCUT2D eigenvalue weighted by Crippen LogP contribution is 2.20. The van der Waals surface area contributed by atoms with Gasteiger partial charge in [0.25, 0.3) is 0 Å². The van der Waals surface area contributed by atoms with Crippen molar-refractivity contribution in [1.82, 2.24) is 15.3 Å². The van der Waals surface area contributed by atoms with Crippen molar-refractivity contribution < 1.29 is 13.9 Å². The molecular formula is C20H17FN6O2. The molecule has 0 saturated carbocycles. The fraction of sp³-hybridized carbons (Fsp3) is 0.100. The summed E-state index contributed by atoms with van der Waals surface area (Å²) >= 11 is 0. The Morgan fingerprint density at radius 2 is 1.93 bits per heavy atom. The van der Waals surface area contributed by atoms with Crippen LogP contribution < -0.4 is 20.7 Å². The van der Waals surface area contributed by atoms with E-state index < -0.39 is 6.03 Å². The molecule has 2 amide bonds. The first-order valence-electron chi connectivity index (χ1n) is 8.67. The van der Waals surface area contributed by atoms with Gasteiger partial charge in [-0.25, -0.2) is 19.2 Å². The quantitative estimate of drug-likeness (QED) is 0.531. The molecule has 0 aliphatic carbocycles. The fourth-order valence-corrected chi connectivity index (χ4v) is 2.31. The van der Waals surface area contributed by atoms with Gasteiger partial charge in [0.2, 0.25) is 5.88 Å². The lowest BCUT2D eigenvalue weighted by molar-refractivity contribution is 0.252. The standard InChI is InChI=1S/C20H17FN6O2/c21-15-3-6-17(7-4-15)29-18-8-5-16(13-26-18)27-20(28)25-11-10-24-19-14(12-22)2-1-9-23-19/h1-9,13H,10-11H2,(H,23,24)(H2,25,27,28). The Morgan fingerprint density at radius 3 is 2.66 bits per heavy atom. The highest BCUT2D eigenvalue weighted by Gasteiger charge is 2.05.